The zero-order valence-electron chi connectivity index (χ0n) is 12.4. The van der Waals surface area contributed by atoms with Crippen LogP contribution in [0, 0.1) is 0 Å². The molecule has 0 atom stereocenters. The van der Waals surface area contributed by atoms with Gasteiger partial charge in [0.2, 0.25) is 5.91 Å². The lowest BCUT2D eigenvalue weighted by Crippen LogP contribution is -2.42. The van der Waals surface area contributed by atoms with Crippen molar-refractivity contribution >= 4 is 16.8 Å². The minimum atomic E-state index is -0.208. The van der Waals surface area contributed by atoms with Crippen molar-refractivity contribution in [3.8, 4) is 0 Å². The van der Waals surface area contributed by atoms with Crippen LogP contribution in [0.4, 0.5) is 0 Å². The van der Waals surface area contributed by atoms with Crippen molar-refractivity contribution in [1.29, 1.82) is 0 Å². The number of nitrogens with two attached hydrogens (primary N) is 1. The number of nitrogens with zero attached hydrogens (tertiary/aromatic N) is 1. The Bertz CT molecular complexity index is 608. The maximum atomic E-state index is 12.1. The van der Waals surface area contributed by atoms with Crippen LogP contribution < -0.4 is 11.1 Å². The topological polar surface area (TPSA) is 60.0 Å². The van der Waals surface area contributed by atoms with Gasteiger partial charge in [0.15, 0.2) is 0 Å². The molecule has 0 spiro atoms. The Hall–Kier alpha value is -1.81. The summed E-state index contributed by atoms with van der Waals surface area (Å²) in [5.41, 5.74) is 7.73. The summed E-state index contributed by atoms with van der Waals surface area (Å²) in [5.74, 6) is 0.0255. The molecule has 3 N–H and O–H groups in total. The van der Waals surface area contributed by atoms with Crippen LogP contribution in [0.1, 0.15) is 26.3 Å². The highest BCUT2D eigenvalue weighted by Crippen LogP contribution is 2.21. The lowest BCUT2D eigenvalue weighted by molar-refractivity contribution is -0.123. The second kappa shape index (κ2) is 5.67. The number of carbonyl (C=O) groups excluding carboxylic acids is 1. The van der Waals surface area contributed by atoms with Gasteiger partial charge in [-0.1, -0.05) is 18.2 Å². The normalized spacial score (nSPS) is 11.8. The molecule has 0 unspecified atom stereocenters. The largest absolute Gasteiger partial charge is 0.350 e. The van der Waals surface area contributed by atoms with Crippen molar-refractivity contribution in [2.75, 3.05) is 6.54 Å². The monoisotopic (exact) mass is 273 g/mol. The maximum Gasteiger partial charge on any atom is 0.240 e. The van der Waals surface area contributed by atoms with Gasteiger partial charge in [0.1, 0.15) is 6.54 Å². The van der Waals surface area contributed by atoms with E-state index in [4.69, 9.17) is 5.73 Å². The zero-order valence-corrected chi connectivity index (χ0v) is 12.4. The summed E-state index contributed by atoms with van der Waals surface area (Å²) in [6.07, 6.45) is 2.87. The quantitative estimate of drug-likeness (QED) is 0.895. The first-order valence-electron chi connectivity index (χ1n) is 6.98. The first kappa shape index (κ1) is 14.6. The highest BCUT2D eigenvalue weighted by atomic mass is 16.2. The van der Waals surface area contributed by atoms with Crippen LogP contribution in [0.25, 0.3) is 10.9 Å². The van der Waals surface area contributed by atoms with Crippen LogP contribution >= 0.6 is 0 Å². The SMILES string of the molecule is CC(C)(C)NC(=O)Cn1cc(CCN)c2ccccc21. The van der Waals surface area contributed by atoms with Crippen molar-refractivity contribution in [2.24, 2.45) is 5.73 Å². The molecule has 1 aromatic heterocycles. The lowest BCUT2D eigenvalue weighted by atomic mass is 10.1. The molecular formula is C16H23N3O. The van der Waals surface area contributed by atoms with Crippen molar-refractivity contribution in [1.82, 2.24) is 9.88 Å². The number of carbonyl (C=O) groups is 1. The molecule has 2 rings (SSSR count). The predicted octanol–water partition coefficient (Wildman–Crippen LogP) is 2.06. The molecule has 20 heavy (non-hydrogen) atoms. The molecule has 0 aliphatic rings. The molecule has 0 aliphatic heterocycles. The average molecular weight is 273 g/mol. The van der Waals surface area contributed by atoms with E-state index in [2.05, 4.69) is 11.4 Å². The number of benzene rings is 1. The van der Waals surface area contributed by atoms with Gasteiger partial charge in [0.05, 0.1) is 0 Å². The van der Waals surface area contributed by atoms with E-state index in [1.807, 2.05) is 49.7 Å². The summed E-state index contributed by atoms with van der Waals surface area (Å²) in [7, 11) is 0. The Morgan fingerprint density at radius 2 is 2.00 bits per heavy atom. The first-order valence-corrected chi connectivity index (χ1v) is 6.98. The van der Waals surface area contributed by atoms with Crippen molar-refractivity contribution in [3.05, 3.63) is 36.0 Å². The number of aromatic nitrogens is 1. The minimum Gasteiger partial charge on any atom is -0.350 e. The molecule has 108 valence electrons. The Labute approximate surface area is 120 Å². The van der Waals surface area contributed by atoms with E-state index < -0.39 is 0 Å². The highest BCUT2D eigenvalue weighted by molar-refractivity contribution is 5.86. The van der Waals surface area contributed by atoms with Gasteiger partial charge in [0.25, 0.3) is 0 Å². The Balaban J connectivity index is 2.28. The van der Waals surface area contributed by atoms with Gasteiger partial charge >= 0.3 is 0 Å². The zero-order chi connectivity index (χ0) is 14.8. The van der Waals surface area contributed by atoms with E-state index in [1.165, 1.54) is 10.9 Å². The van der Waals surface area contributed by atoms with Crippen LogP contribution in [0.15, 0.2) is 30.5 Å². The number of para-hydroxylation sites is 1. The molecule has 0 bridgehead atoms. The van der Waals surface area contributed by atoms with Crippen molar-refractivity contribution in [3.63, 3.8) is 0 Å². The predicted molar refractivity (Wildman–Crippen MR) is 82.6 cm³/mol. The molecule has 2 aromatic rings. The molecule has 4 nitrogen and oxygen atoms in total. The number of rotatable bonds is 4. The lowest BCUT2D eigenvalue weighted by Gasteiger charge is -2.20. The van der Waals surface area contributed by atoms with E-state index in [-0.39, 0.29) is 11.4 Å². The van der Waals surface area contributed by atoms with Gasteiger partial charge in [-0.3, -0.25) is 4.79 Å². The number of amides is 1. The third-order valence-corrected chi connectivity index (χ3v) is 3.11. The van der Waals surface area contributed by atoms with Gasteiger partial charge in [-0.05, 0) is 45.4 Å². The van der Waals surface area contributed by atoms with Crippen LogP contribution in [0.5, 0.6) is 0 Å². The summed E-state index contributed by atoms with van der Waals surface area (Å²) in [6.45, 7) is 6.90. The van der Waals surface area contributed by atoms with E-state index in [0.717, 1.165) is 11.9 Å². The molecular weight excluding hydrogens is 250 g/mol. The molecule has 4 heteroatoms. The van der Waals surface area contributed by atoms with Gasteiger partial charge < -0.3 is 15.6 Å². The van der Waals surface area contributed by atoms with Crippen LogP contribution in [0.2, 0.25) is 0 Å². The minimum absolute atomic E-state index is 0.0255. The van der Waals surface area contributed by atoms with Crippen molar-refractivity contribution in [2.45, 2.75) is 39.3 Å². The number of fused-ring (bicyclic) bond motifs is 1. The summed E-state index contributed by atoms with van der Waals surface area (Å²) < 4.78 is 2.00. The molecule has 1 heterocycles. The van der Waals surface area contributed by atoms with Crippen molar-refractivity contribution < 1.29 is 4.79 Å². The summed E-state index contributed by atoms with van der Waals surface area (Å²) in [4.78, 5) is 12.1. The highest BCUT2D eigenvalue weighted by Gasteiger charge is 2.15. The van der Waals surface area contributed by atoms with E-state index in [9.17, 15) is 4.79 Å². The maximum absolute atomic E-state index is 12.1. The Kier molecular flexibility index (Phi) is 4.14. The van der Waals surface area contributed by atoms with Crippen LogP contribution in [-0.2, 0) is 17.8 Å². The fourth-order valence-electron chi connectivity index (χ4n) is 2.42. The summed E-state index contributed by atoms with van der Waals surface area (Å²) in [5, 5.41) is 4.17. The van der Waals surface area contributed by atoms with E-state index >= 15 is 0 Å². The fraction of sp³-hybridized carbons (Fsp3) is 0.438. The first-order chi connectivity index (χ1) is 9.40. The molecule has 1 amide bonds. The van der Waals surface area contributed by atoms with Crippen LogP contribution in [0.3, 0.4) is 0 Å². The molecule has 0 aliphatic carbocycles. The Morgan fingerprint density at radius 3 is 2.65 bits per heavy atom. The summed E-state index contributed by atoms with van der Waals surface area (Å²) >= 11 is 0. The molecule has 0 fully saturated rings. The molecule has 0 saturated carbocycles. The van der Waals surface area contributed by atoms with E-state index in [1.54, 1.807) is 0 Å². The molecule has 0 radical (unpaired) electrons. The number of hydrogen-bond acceptors (Lipinski definition) is 2. The third kappa shape index (κ3) is 3.39. The van der Waals surface area contributed by atoms with Crippen LogP contribution in [-0.4, -0.2) is 22.6 Å². The third-order valence-electron chi connectivity index (χ3n) is 3.11. The number of nitrogens with one attached hydrogen (secondary N) is 1. The van der Waals surface area contributed by atoms with Gasteiger partial charge in [-0.15, -0.1) is 0 Å². The fourth-order valence-corrected chi connectivity index (χ4v) is 2.42. The summed E-state index contributed by atoms with van der Waals surface area (Å²) in [6, 6.07) is 8.13. The van der Waals surface area contributed by atoms with Gasteiger partial charge in [-0.2, -0.15) is 0 Å². The standard InChI is InChI=1S/C16H23N3O/c1-16(2,3)18-15(20)11-19-10-12(8-9-17)13-6-4-5-7-14(13)19/h4-7,10H,8-9,11,17H2,1-3H3,(H,18,20). The van der Waals surface area contributed by atoms with E-state index in [0.29, 0.717) is 13.1 Å². The van der Waals surface area contributed by atoms with Gasteiger partial charge in [-0.25, -0.2) is 0 Å². The molecule has 1 aromatic carbocycles. The second-order valence-electron chi connectivity index (χ2n) is 6.14. The van der Waals surface area contributed by atoms with Gasteiger partial charge in [0, 0.05) is 22.6 Å². The Morgan fingerprint density at radius 1 is 1.30 bits per heavy atom. The second-order valence-corrected chi connectivity index (χ2v) is 6.14. The number of hydrogen-bond donors (Lipinski definition) is 2. The average Bonchev–Trinajstić information content (AvgIpc) is 2.66. The molecule has 0 saturated heterocycles. The smallest absolute Gasteiger partial charge is 0.240 e.